The molecule has 2 N–H and O–H groups in total. The Hall–Kier alpha value is -3.33. The summed E-state index contributed by atoms with van der Waals surface area (Å²) in [5, 5.41) is 3.22. The van der Waals surface area contributed by atoms with Crippen molar-refractivity contribution in [1.82, 2.24) is 20.1 Å². The van der Waals surface area contributed by atoms with E-state index in [0.717, 1.165) is 21.4 Å². The number of benzene rings is 2. The molecule has 0 unspecified atom stereocenters. The van der Waals surface area contributed by atoms with Crippen molar-refractivity contribution in [2.45, 2.75) is 17.8 Å². The quantitative estimate of drug-likeness (QED) is 0.583. The van der Waals surface area contributed by atoms with E-state index in [9.17, 15) is 18.8 Å². The smallest absolute Gasteiger partial charge is 0.325 e. The first-order valence-electron chi connectivity index (χ1n) is 10.4. The van der Waals surface area contributed by atoms with E-state index in [4.69, 9.17) is 0 Å². The summed E-state index contributed by atoms with van der Waals surface area (Å²) in [6.07, 6.45) is 2.16. The van der Waals surface area contributed by atoms with Gasteiger partial charge in [0.15, 0.2) is 0 Å². The van der Waals surface area contributed by atoms with Crippen molar-refractivity contribution in [3.05, 3.63) is 71.7 Å². The first-order valence-corrected chi connectivity index (χ1v) is 11.4. The second kappa shape index (κ2) is 8.31. The number of thioether (sulfide) groups is 1. The van der Waals surface area contributed by atoms with Crippen molar-refractivity contribution in [2.75, 3.05) is 18.8 Å². The van der Waals surface area contributed by atoms with Crippen LogP contribution in [0.15, 0.2) is 54.7 Å². The van der Waals surface area contributed by atoms with Crippen LogP contribution in [-0.4, -0.2) is 57.5 Å². The number of nitrogens with zero attached hydrogens (tertiary/aromatic N) is 2. The molecule has 2 saturated heterocycles. The Kier molecular flexibility index (Phi) is 5.34. The van der Waals surface area contributed by atoms with Gasteiger partial charge in [0.1, 0.15) is 23.8 Å². The highest BCUT2D eigenvalue weighted by Crippen LogP contribution is 2.39. The van der Waals surface area contributed by atoms with Gasteiger partial charge in [0.05, 0.1) is 0 Å². The van der Waals surface area contributed by atoms with Crippen molar-refractivity contribution in [3.63, 3.8) is 0 Å². The molecule has 2 aromatic carbocycles. The minimum Gasteiger partial charge on any atom is -0.361 e. The summed E-state index contributed by atoms with van der Waals surface area (Å²) in [4.78, 5) is 44.1. The fourth-order valence-corrected chi connectivity index (χ4v) is 5.57. The van der Waals surface area contributed by atoms with Crippen LogP contribution in [0.5, 0.6) is 0 Å². The van der Waals surface area contributed by atoms with Gasteiger partial charge in [-0.15, -0.1) is 11.8 Å². The summed E-state index contributed by atoms with van der Waals surface area (Å²) in [6.45, 7) is 0.0749. The van der Waals surface area contributed by atoms with E-state index in [1.807, 2.05) is 30.5 Å². The second-order valence-electron chi connectivity index (χ2n) is 7.82. The maximum atomic E-state index is 14.3. The van der Waals surface area contributed by atoms with Gasteiger partial charge >= 0.3 is 6.03 Å². The van der Waals surface area contributed by atoms with Crippen molar-refractivity contribution in [2.24, 2.45) is 0 Å². The first-order chi connectivity index (χ1) is 15.5. The Morgan fingerprint density at radius 3 is 2.75 bits per heavy atom. The molecule has 7 nitrogen and oxygen atoms in total. The molecule has 0 aliphatic carbocycles. The lowest BCUT2D eigenvalue weighted by atomic mass is 10.1. The number of amides is 4. The van der Waals surface area contributed by atoms with Crippen LogP contribution in [0.25, 0.3) is 10.9 Å². The van der Waals surface area contributed by atoms with E-state index >= 15 is 0 Å². The molecule has 3 heterocycles. The predicted octanol–water partition coefficient (Wildman–Crippen LogP) is 3.04. The molecule has 4 amide bonds. The topological polar surface area (TPSA) is 85.5 Å². The van der Waals surface area contributed by atoms with Gasteiger partial charge in [0.25, 0.3) is 5.91 Å². The number of imide groups is 1. The first kappa shape index (κ1) is 20.6. The molecule has 3 aromatic rings. The Morgan fingerprint density at radius 1 is 1.12 bits per heavy atom. The number of halogens is 1. The van der Waals surface area contributed by atoms with Crippen molar-refractivity contribution < 1.29 is 18.8 Å². The summed E-state index contributed by atoms with van der Waals surface area (Å²) in [7, 11) is 0. The zero-order chi connectivity index (χ0) is 22.2. The van der Waals surface area contributed by atoms with Crippen LogP contribution < -0.4 is 5.32 Å². The van der Waals surface area contributed by atoms with E-state index < -0.39 is 23.4 Å². The number of carbonyl (C=O) groups is 3. The molecule has 0 saturated carbocycles. The molecule has 0 spiro atoms. The van der Waals surface area contributed by atoms with Crippen molar-refractivity contribution in [3.8, 4) is 0 Å². The maximum absolute atomic E-state index is 14.3. The summed E-state index contributed by atoms with van der Waals surface area (Å²) >= 11 is 1.47. The van der Waals surface area contributed by atoms with E-state index in [1.54, 1.807) is 18.2 Å². The number of nitrogens with one attached hydrogen (secondary N) is 2. The van der Waals surface area contributed by atoms with Crippen LogP contribution in [0.3, 0.4) is 0 Å². The largest absolute Gasteiger partial charge is 0.361 e. The number of carbonyl (C=O) groups excluding carboxylic acids is 3. The van der Waals surface area contributed by atoms with Gasteiger partial charge in [-0.2, -0.15) is 0 Å². The van der Waals surface area contributed by atoms with Crippen LogP contribution in [0.1, 0.15) is 16.5 Å². The molecular formula is C23H21FN4O3S. The lowest BCUT2D eigenvalue weighted by Gasteiger charge is -2.26. The predicted molar refractivity (Wildman–Crippen MR) is 119 cm³/mol. The molecular weight excluding hydrogens is 431 g/mol. The fourth-order valence-electron chi connectivity index (χ4n) is 4.27. The normalized spacial score (nSPS) is 20.9. The SMILES string of the molecule is O=C1N[C@H](Cc2c[nH]c3ccccc23)C(=O)N1CC(=O)N1CCS[C@H]1c1ccccc1F. The standard InChI is InChI=1S/C23H21FN4O3S/c24-17-7-3-1-6-16(17)22-27(9-10-32-22)20(29)13-28-21(30)19(26-23(28)31)11-14-12-25-18-8-4-2-5-15(14)18/h1-8,12,19,22,25H,9-11,13H2,(H,26,31)/t19-,22+/m1/s1. The number of aromatic nitrogens is 1. The van der Waals surface area contributed by atoms with E-state index in [2.05, 4.69) is 10.3 Å². The van der Waals surface area contributed by atoms with Crippen LogP contribution in [0.2, 0.25) is 0 Å². The number of fused-ring (bicyclic) bond motifs is 1. The molecule has 0 radical (unpaired) electrons. The fraction of sp³-hybridized carbons (Fsp3) is 0.261. The number of para-hydroxylation sites is 1. The number of rotatable bonds is 5. The number of urea groups is 1. The lowest BCUT2D eigenvalue weighted by Crippen LogP contribution is -2.43. The third-order valence-corrected chi connectivity index (χ3v) is 7.12. The van der Waals surface area contributed by atoms with E-state index in [0.29, 0.717) is 24.3 Å². The average molecular weight is 453 g/mol. The molecule has 2 aliphatic rings. The average Bonchev–Trinajstić information content (AvgIpc) is 3.50. The lowest BCUT2D eigenvalue weighted by molar-refractivity contribution is -0.137. The van der Waals surface area contributed by atoms with Crippen LogP contribution >= 0.6 is 11.8 Å². The summed E-state index contributed by atoms with van der Waals surface area (Å²) < 4.78 is 14.3. The van der Waals surface area contributed by atoms with Crippen molar-refractivity contribution in [1.29, 1.82) is 0 Å². The van der Waals surface area contributed by atoms with Crippen molar-refractivity contribution >= 4 is 40.5 Å². The zero-order valence-corrected chi connectivity index (χ0v) is 17.9. The van der Waals surface area contributed by atoms with Gasteiger partial charge in [-0.05, 0) is 17.7 Å². The molecule has 2 aliphatic heterocycles. The summed E-state index contributed by atoms with van der Waals surface area (Å²) in [5.41, 5.74) is 2.30. The van der Waals surface area contributed by atoms with Crippen LogP contribution in [0, 0.1) is 5.82 Å². The second-order valence-corrected chi connectivity index (χ2v) is 9.01. The molecule has 0 bridgehead atoms. The highest BCUT2D eigenvalue weighted by molar-refractivity contribution is 7.99. The Balaban J connectivity index is 1.29. The minimum absolute atomic E-state index is 0.330. The summed E-state index contributed by atoms with van der Waals surface area (Å²) in [5.74, 6) is -0.519. The monoisotopic (exact) mass is 452 g/mol. The minimum atomic E-state index is -0.732. The molecule has 5 rings (SSSR count). The van der Waals surface area contributed by atoms with E-state index in [-0.39, 0.29) is 18.3 Å². The van der Waals surface area contributed by atoms with Gasteiger partial charge in [-0.1, -0.05) is 36.4 Å². The summed E-state index contributed by atoms with van der Waals surface area (Å²) in [6, 6.07) is 12.8. The molecule has 2 atom stereocenters. The van der Waals surface area contributed by atoms with Gasteiger partial charge < -0.3 is 15.2 Å². The highest BCUT2D eigenvalue weighted by atomic mass is 32.2. The molecule has 164 valence electrons. The zero-order valence-electron chi connectivity index (χ0n) is 17.1. The van der Waals surface area contributed by atoms with Gasteiger partial charge in [0.2, 0.25) is 5.91 Å². The molecule has 32 heavy (non-hydrogen) atoms. The third kappa shape index (κ3) is 3.62. The Labute approximate surface area is 187 Å². The molecule has 9 heteroatoms. The number of hydrogen-bond acceptors (Lipinski definition) is 4. The maximum Gasteiger partial charge on any atom is 0.325 e. The number of hydrogen-bond donors (Lipinski definition) is 2. The molecule has 1 aromatic heterocycles. The highest BCUT2D eigenvalue weighted by Gasteiger charge is 2.41. The molecule has 2 fully saturated rings. The number of H-pyrrole nitrogens is 1. The Bertz CT molecular complexity index is 1210. The van der Waals surface area contributed by atoms with Gasteiger partial charge in [-0.25, -0.2) is 9.18 Å². The Morgan fingerprint density at radius 2 is 1.91 bits per heavy atom. The van der Waals surface area contributed by atoms with Gasteiger partial charge in [-0.3, -0.25) is 14.5 Å². The van der Waals surface area contributed by atoms with Gasteiger partial charge in [0, 0.05) is 41.4 Å². The van der Waals surface area contributed by atoms with E-state index in [1.165, 1.54) is 22.7 Å². The van der Waals surface area contributed by atoms with Crippen LogP contribution in [0.4, 0.5) is 9.18 Å². The van der Waals surface area contributed by atoms with Crippen LogP contribution in [-0.2, 0) is 16.0 Å². The number of aromatic amines is 1. The third-order valence-electron chi connectivity index (χ3n) is 5.88.